The second kappa shape index (κ2) is 19.6. The highest BCUT2D eigenvalue weighted by Crippen LogP contribution is 2.42. The second-order valence-electron chi connectivity index (χ2n) is 10.2. The summed E-state index contributed by atoms with van der Waals surface area (Å²) in [6.07, 6.45) is 4.27. The molecule has 3 rings (SSSR count). The molecule has 0 saturated heterocycles. The molecule has 9 nitrogen and oxygen atoms in total. The molecule has 1 aliphatic heterocycles. The van der Waals surface area contributed by atoms with E-state index in [4.69, 9.17) is 9.05 Å². The van der Waals surface area contributed by atoms with Crippen LogP contribution in [0.25, 0.3) is 0 Å². The molecule has 44 heavy (non-hydrogen) atoms. The van der Waals surface area contributed by atoms with Crippen molar-refractivity contribution in [2.24, 2.45) is 0 Å². The molecule has 3 amide bonds. The maximum atomic E-state index is 13.3. The van der Waals surface area contributed by atoms with Gasteiger partial charge < -0.3 is 24.6 Å². The zero-order valence-corrected chi connectivity index (χ0v) is 28.0. The summed E-state index contributed by atoms with van der Waals surface area (Å²) in [6, 6.07) is 15.4. The van der Waals surface area contributed by atoms with Gasteiger partial charge in [-0.25, -0.2) is 0 Å². The Labute approximate surface area is 268 Å². The number of amides is 3. The van der Waals surface area contributed by atoms with Crippen molar-refractivity contribution in [3.8, 4) is 11.8 Å². The molecule has 1 atom stereocenters. The van der Waals surface area contributed by atoms with Crippen molar-refractivity contribution in [1.82, 2.24) is 10.6 Å². The summed E-state index contributed by atoms with van der Waals surface area (Å²) in [5.74, 6) is 7.56. The first-order valence-electron chi connectivity index (χ1n) is 14.8. The summed E-state index contributed by atoms with van der Waals surface area (Å²) in [4.78, 5) is 39.4. The Bertz CT molecular complexity index is 1360. The van der Waals surface area contributed by atoms with Crippen molar-refractivity contribution < 1.29 is 28.0 Å². The molecule has 2 aromatic carbocycles. The average molecular weight is 660 g/mol. The number of carbonyl (C=O) groups is 3. The summed E-state index contributed by atoms with van der Waals surface area (Å²) in [5, 5.41) is 5.82. The van der Waals surface area contributed by atoms with E-state index >= 15 is 0 Å². The van der Waals surface area contributed by atoms with Crippen LogP contribution >= 0.6 is 29.2 Å². The van der Waals surface area contributed by atoms with E-state index in [-0.39, 0.29) is 30.6 Å². The number of hydrogen-bond donors (Lipinski definition) is 2. The average Bonchev–Trinajstić information content (AvgIpc) is 3.01. The summed E-state index contributed by atoms with van der Waals surface area (Å²) >= 11 is 0. The van der Waals surface area contributed by atoms with Crippen LogP contribution in [0.2, 0.25) is 0 Å². The highest BCUT2D eigenvalue weighted by atomic mass is 33.1. The van der Waals surface area contributed by atoms with Gasteiger partial charge in [-0.05, 0) is 36.6 Å². The van der Waals surface area contributed by atoms with Gasteiger partial charge in [0.1, 0.15) is 0 Å². The lowest BCUT2D eigenvalue weighted by Gasteiger charge is -2.26. The van der Waals surface area contributed by atoms with Gasteiger partial charge in [-0.15, -0.1) is 0 Å². The zero-order valence-electron chi connectivity index (χ0n) is 25.5. The molecule has 238 valence electrons. The molecule has 12 heteroatoms. The smallest absolute Gasteiger partial charge is 0.327 e. The quantitative estimate of drug-likeness (QED) is 0.0847. The van der Waals surface area contributed by atoms with Crippen LogP contribution in [0.5, 0.6) is 0 Å². The first kappa shape index (κ1) is 35.7. The van der Waals surface area contributed by atoms with Crippen molar-refractivity contribution in [2.75, 3.05) is 49.9 Å². The van der Waals surface area contributed by atoms with Gasteiger partial charge in [0.05, 0.1) is 18.8 Å². The fraction of sp³-hybridized carbons (Fsp3) is 0.469. The van der Waals surface area contributed by atoms with E-state index < -0.39 is 7.60 Å². The number of unbranched alkanes of at least 4 members (excludes halogenated alkanes) is 3. The Kier molecular flexibility index (Phi) is 15.9. The zero-order chi connectivity index (χ0) is 31.6. The van der Waals surface area contributed by atoms with E-state index in [0.29, 0.717) is 44.2 Å². The SMILES string of the molecule is COP(C)(=O)OCCCCCCNC(=O)CCSSCCNC(=O)CCC(=O)N1Cc2ccccc2C#Cc2ccccc21. The van der Waals surface area contributed by atoms with Crippen molar-refractivity contribution in [1.29, 1.82) is 0 Å². The molecule has 1 unspecified atom stereocenters. The Morgan fingerprint density at radius 2 is 1.50 bits per heavy atom. The van der Waals surface area contributed by atoms with E-state index in [2.05, 4.69) is 22.5 Å². The monoisotopic (exact) mass is 659 g/mol. The molecule has 2 aromatic rings. The first-order chi connectivity index (χ1) is 21.3. The molecule has 1 heterocycles. The predicted octanol–water partition coefficient (Wildman–Crippen LogP) is 5.76. The number of rotatable bonds is 19. The van der Waals surface area contributed by atoms with Gasteiger partial charge in [-0.2, -0.15) is 0 Å². The Morgan fingerprint density at radius 3 is 2.32 bits per heavy atom. The van der Waals surface area contributed by atoms with E-state index in [1.165, 1.54) is 13.8 Å². The van der Waals surface area contributed by atoms with Crippen LogP contribution < -0.4 is 15.5 Å². The highest BCUT2D eigenvalue weighted by molar-refractivity contribution is 8.76. The minimum absolute atomic E-state index is 0.0320. The lowest BCUT2D eigenvalue weighted by Crippen LogP contribution is -2.33. The number of nitrogens with zero attached hydrogens (tertiary/aromatic N) is 1. The molecule has 0 aliphatic carbocycles. The Morgan fingerprint density at radius 1 is 0.841 bits per heavy atom. The highest BCUT2D eigenvalue weighted by Gasteiger charge is 2.21. The summed E-state index contributed by atoms with van der Waals surface area (Å²) < 4.78 is 21.6. The van der Waals surface area contributed by atoms with Crippen LogP contribution in [0.4, 0.5) is 5.69 Å². The second-order valence-corrected chi connectivity index (χ2v) is 15.1. The first-order valence-corrected chi connectivity index (χ1v) is 19.3. The van der Waals surface area contributed by atoms with Crippen LogP contribution in [0.1, 0.15) is 61.6 Å². The molecule has 1 aliphatic rings. The molecule has 0 bridgehead atoms. The summed E-state index contributed by atoms with van der Waals surface area (Å²) in [5.41, 5.74) is 3.43. The third kappa shape index (κ3) is 13.1. The molecule has 0 aromatic heterocycles. The van der Waals surface area contributed by atoms with Crippen LogP contribution in [-0.4, -0.2) is 62.7 Å². The molecule has 0 spiro atoms. The predicted molar refractivity (Wildman–Crippen MR) is 180 cm³/mol. The van der Waals surface area contributed by atoms with Gasteiger partial charge in [0, 0.05) is 68.8 Å². The summed E-state index contributed by atoms with van der Waals surface area (Å²) in [7, 11) is 1.69. The maximum absolute atomic E-state index is 13.3. The van der Waals surface area contributed by atoms with Crippen molar-refractivity contribution in [2.45, 2.75) is 51.5 Å². The van der Waals surface area contributed by atoms with E-state index in [1.807, 2.05) is 48.5 Å². The van der Waals surface area contributed by atoms with Gasteiger partial charge in [-0.3, -0.25) is 18.9 Å². The van der Waals surface area contributed by atoms with Crippen LogP contribution in [0.3, 0.4) is 0 Å². The number of anilines is 1. The van der Waals surface area contributed by atoms with Gasteiger partial charge in [-0.1, -0.05) is 76.6 Å². The lowest BCUT2D eigenvalue weighted by molar-refractivity contribution is -0.125. The summed E-state index contributed by atoms with van der Waals surface area (Å²) in [6.45, 7) is 3.41. The fourth-order valence-corrected chi connectivity index (χ4v) is 6.78. The topological polar surface area (TPSA) is 114 Å². The number of nitrogens with one attached hydrogen (secondary N) is 2. The van der Waals surface area contributed by atoms with Crippen molar-refractivity contribution >= 4 is 52.6 Å². The van der Waals surface area contributed by atoms with Gasteiger partial charge in [0.2, 0.25) is 17.7 Å². The fourth-order valence-electron chi connectivity index (χ4n) is 4.32. The largest absolute Gasteiger partial charge is 0.356 e. The molecule has 0 radical (unpaired) electrons. The third-order valence-corrected chi connectivity index (χ3v) is 10.5. The molecule has 2 N–H and O–H groups in total. The van der Waals surface area contributed by atoms with Gasteiger partial charge in [0.15, 0.2) is 0 Å². The number of fused-ring (bicyclic) bond motifs is 2. The Balaban J connectivity index is 1.23. The van der Waals surface area contributed by atoms with Crippen LogP contribution in [0, 0.1) is 11.8 Å². The van der Waals surface area contributed by atoms with Crippen LogP contribution in [-0.2, 0) is 34.5 Å². The normalized spacial score (nSPS) is 13.3. The number of benzene rings is 2. The molecule has 0 saturated carbocycles. The lowest BCUT2D eigenvalue weighted by atomic mass is 10.0. The van der Waals surface area contributed by atoms with E-state index in [1.54, 1.807) is 26.5 Å². The molecular formula is C32H42N3O6PS2. The standard InChI is InChI=1S/C32H42N3O6PS2/c1-40-42(2,39)41-22-10-4-3-9-20-33-31(37)19-23-43-44-24-21-34-30(36)17-18-32(38)35-25-28-13-6-5-11-26(28)15-16-27-12-7-8-14-29(27)35/h5-8,11-14H,3-4,9-10,17-25H2,1-2H3,(H,33,37)(H,34,36). The molecule has 0 fully saturated rings. The number of carbonyl (C=O) groups excluding carboxylic acids is 3. The van der Waals surface area contributed by atoms with Crippen LogP contribution in [0.15, 0.2) is 48.5 Å². The Hall–Kier alpha value is -2.74. The van der Waals surface area contributed by atoms with Gasteiger partial charge in [0.25, 0.3) is 0 Å². The maximum Gasteiger partial charge on any atom is 0.327 e. The number of hydrogen-bond acceptors (Lipinski definition) is 8. The minimum atomic E-state index is -2.90. The molecular weight excluding hydrogens is 617 g/mol. The minimum Gasteiger partial charge on any atom is -0.356 e. The van der Waals surface area contributed by atoms with Crippen molar-refractivity contribution in [3.63, 3.8) is 0 Å². The van der Waals surface area contributed by atoms with Gasteiger partial charge >= 0.3 is 7.60 Å². The van der Waals surface area contributed by atoms with E-state index in [9.17, 15) is 18.9 Å². The van der Waals surface area contributed by atoms with E-state index in [0.717, 1.165) is 48.1 Å². The van der Waals surface area contributed by atoms with Crippen molar-refractivity contribution in [3.05, 3.63) is 65.2 Å². The number of para-hydroxylation sites is 1. The third-order valence-electron chi connectivity index (χ3n) is 6.79.